The van der Waals surface area contributed by atoms with Gasteiger partial charge >= 0.3 is 6.18 Å². The van der Waals surface area contributed by atoms with Gasteiger partial charge in [0.15, 0.2) is 0 Å². The number of hydrogen-bond donors (Lipinski definition) is 1. The Labute approximate surface area is 154 Å². The molecule has 142 valence electrons. The van der Waals surface area contributed by atoms with Gasteiger partial charge in [0.05, 0.1) is 28.9 Å². The largest absolute Gasteiger partial charge is 0.393 e. The quantitative estimate of drug-likeness (QED) is 0.720. The van der Waals surface area contributed by atoms with Gasteiger partial charge in [-0.05, 0) is 24.8 Å². The van der Waals surface area contributed by atoms with Gasteiger partial charge in [-0.3, -0.25) is 14.6 Å². The first-order chi connectivity index (χ1) is 12.8. The molecule has 4 rings (SSSR count). The average molecular weight is 397 g/mol. The van der Waals surface area contributed by atoms with Gasteiger partial charge in [-0.25, -0.2) is 9.67 Å². The minimum Gasteiger partial charge on any atom is -0.338 e. The standard InChI is InChI=1S/C16H14F3N5O2S/c1-8-10(14(26)23-4-2-9(7-23)16(17,18)19)6-20-24(8)15-21-11-3-5-27-12(11)13(25)22-15/h3,5-6,9H,2,4,7H2,1H3,(H,21,22,25). The number of alkyl halides is 3. The molecule has 0 spiro atoms. The summed E-state index contributed by atoms with van der Waals surface area (Å²) in [6.07, 6.45) is -3.13. The van der Waals surface area contributed by atoms with Crippen molar-refractivity contribution in [3.63, 3.8) is 0 Å². The van der Waals surface area contributed by atoms with E-state index < -0.39 is 18.0 Å². The molecule has 3 aromatic heterocycles. The molecular formula is C16H14F3N5O2S. The Hall–Kier alpha value is -2.69. The predicted octanol–water partition coefficient (Wildman–Crippen LogP) is 2.50. The second-order valence-electron chi connectivity index (χ2n) is 6.36. The molecule has 3 aromatic rings. The zero-order chi connectivity index (χ0) is 19.3. The van der Waals surface area contributed by atoms with Crippen molar-refractivity contribution in [2.75, 3.05) is 13.1 Å². The van der Waals surface area contributed by atoms with E-state index in [2.05, 4.69) is 15.1 Å². The number of likely N-dealkylation sites (tertiary alicyclic amines) is 1. The Kier molecular flexibility index (Phi) is 4.06. The first kappa shape index (κ1) is 17.7. The smallest absolute Gasteiger partial charge is 0.338 e. The molecule has 0 bridgehead atoms. The van der Waals surface area contributed by atoms with Crippen LogP contribution in [0.1, 0.15) is 22.5 Å². The summed E-state index contributed by atoms with van der Waals surface area (Å²) in [5.74, 6) is -1.86. The van der Waals surface area contributed by atoms with Crippen molar-refractivity contribution in [3.8, 4) is 5.95 Å². The number of aromatic nitrogens is 4. The van der Waals surface area contributed by atoms with Gasteiger partial charge in [0.25, 0.3) is 11.5 Å². The van der Waals surface area contributed by atoms with Crippen LogP contribution >= 0.6 is 11.3 Å². The topological polar surface area (TPSA) is 83.9 Å². The summed E-state index contributed by atoms with van der Waals surface area (Å²) < 4.78 is 40.3. The van der Waals surface area contributed by atoms with Crippen LogP contribution in [-0.2, 0) is 0 Å². The molecule has 1 fully saturated rings. The predicted molar refractivity (Wildman–Crippen MR) is 92.2 cm³/mol. The van der Waals surface area contributed by atoms with Gasteiger partial charge in [0.1, 0.15) is 4.70 Å². The van der Waals surface area contributed by atoms with Crippen LogP contribution < -0.4 is 5.56 Å². The molecule has 1 saturated heterocycles. The van der Waals surface area contributed by atoms with E-state index in [0.29, 0.717) is 15.9 Å². The third kappa shape index (κ3) is 3.01. The SMILES string of the molecule is Cc1c(C(=O)N2CCC(C(F)(F)F)C2)cnn1-c1nc2ccsc2c(=O)[nH]1. The Balaban J connectivity index is 1.64. The number of halogens is 3. The number of amides is 1. The van der Waals surface area contributed by atoms with Crippen LogP contribution in [0.15, 0.2) is 22.4 Å². The molecule has 0 aromatic carbocycles. The van der Waals surface area contributed by atoms with Crippen molar-refractivity contribution in [3.05, 3.63) is 39.3 Å². The number of carbonyl (C=O) groups is 1. The van der Waals surface area contributed by atoms with Crippen molar-refractivity contribution in [2.45, 2.75) is 19.5 Å². The first-order valence-electron chi connectivity index (χ1n) is 8.14. The Morgan fingerprint density at radius 1 is 1.41 bits per heavy atom. The molecule has 1 N–H and O–H groups in total. The van der Waals surface area contributed by atoms with E-state index in [4.69, 9.17) is 0 Å². The van der Waals surface area contributed by atoms with Gasteiger partial charge < -0.3 is 4.90 Å². The number of nitrogens with zero attached hydrogens (tertiary/aromatic N) is 4. The lowest BCUT2D eigenvalue weighted by atomic mass is 10.1. The van der Waals surface area contributed by atoms with Crippen LogP contribution in [0.2, 0.25) is 0 Å². The highest BCUT2D eigenvalue weighted by Gasteiger charge is 2.45. The van der Waals surface area contributed by atoms with Crippen LogP contribution in [0.4, 0.5) is 13.2 Å². The summed E-state index contributed by atoms with van der Waals surface area (Å²) in [4.78, 5) is 32.9. The molecular weight excluding hydrogens is 383 g/mol. The lowest BCUT2D eigenvalue weighted by Crippen LogP contribution is -2.32. The van der Waals surface area contributed by atoms with E-state index in [-0.39, 0.29) is 36.6 Å². The fraction of sp³-hybridized carbons (Fsp3) is 0.375. The molecule has 7 nitrogen and oxygen atoms in total. The summed E-state index contributed by atoms with van der Waals surface area (Å²) in [6.45, 7) is 1.29. The fourth-order valence-corrected chi connectivity index (χ4v) is 3.90. The summed E-state index contributed by atoms with van der Waals surface area (Å²) in [7, 11) is 0. The zero-order valence-corrected chi connectivity index (χ0v) is 14.9. The summed E-state index contributed by atoms with van der Waals surface area (Å²) in [5.41, 5.74) is 0.772. The molecule has 1 aliphatic heterocycles. The molecule has 0 saturated carbocycles. The van der Waals surface area contributed by atoms with E-state index in [1.807, 2.05) is 0 Å². The van der Waals surface area contributed by atoms with Crippen molar-refractivity contribution < 1.29 is 18.0 Å². The normalized spacial score (nSPS) is 17.8. The van der Waals surface area contributed by atoms with E-state index >= 15 is 0 Å². The third-order valence-corrected chi connectivity index (χ3v) is 5.58. The van der Waals surface area contributed by atoms with E-state index in [1.54, 1.807) is 18.4 Å². The number of carbonyl (C=O) groups excluding carboxylic acids is 1. The molecule has 27 heavy (non-hydrogen) atoms. The number of fused-ring (bicyclic) bond motifs is 1. The first-order valence-corrected chi connectivity index (χ1v) is 9.02. The monoisotopic (exact) mass is 397 g/mol. The van der Waals surface area contributed by atoms with Crippen LogP contribution in [0.3, 0.4) is 0 Å². The fourth-order valence-electron chi connectivity index (χ4n) is 3.18. The van der Waals surface area contributed by atoms with Crippen molar-refractivity contribution in [2.24, 2.45) is 5.92 Å². The average Bonchev–Trinajstić information content (AvgIpc) is 3.32. The van der Waals surface area contributed by atoms with Crippen LogP contribution in [-0.4, -0.2) is 49.8 Å². The summed E-state index contributed by atoms with van der Waals surface area (Å²) in [6, 6.07) is 1.70. The maximum absolute atomic E-state index is 12.8. The maximum Gasteiger partial charge on any atom is 0.393 e. The maximum atomic E-state index is 12.8. The number of H-pyrrole nitrogens is 1. The van der Waals surface area contributed by atoms with Crippen LogP contribution in [0, 0.1) is 12.8 Å². The van der Waals surface area contributed by atoms with E-state index in [1.165, 1.54) is 27.1 Å². The van der Waals surface area contributed by atoms with Crippen molar-refractivity contribution >= 4 is 27.5 Å². The van der Waals surface area contributed by atoms with E-state index in [0.717, 1.165) is 0 Å². The Morgan fingerprint density at radius 2 is 2.19 bits per heavy atom. The lowest BCUT2D eigenvalue weighted by molar-refractivity contribution is -0.169. The molecule has 1 amide bonds. The minimum atomic E-state index is -4.31. The second-order valence-corrected chi connectivity index (χ2v) is 7.27. The molecule has 1 atom stereocenters. The number of hydrogen-bond acceptors (Lipinski definition) is 5. The Bertz CT molecular complexity index is 1080. The van der Waals surface area contributed by atoms with Gasteiger partial charge in [0, 0.05) is 13.1 Å². The van der Waals surface area contributed by atoms with Crippen LogP contribution in [0.25, 0.3) is 16.2 Å². The number of nitrogens with one attached hydrogen (secondary N) is 1. The summed E-state index contributed by atoms with van der Waals surface area (Å²) >= 11 is 1.26. The Morgan fingerprint density at radius 3 is 2.89 bits per heavy atom. The molecule has 1 unspecified atom stereocenters. The van der Waals surface area contributed by atoms with Crippen LogP contribution in [0.5, 0.6) is 0 Å². The lowest BCUT2D eigenvalue weighted by Gasteiger charge is -2.17. The number of thiophene rings is 1. The number of aromatic amines is 1. The van der Waals surface area contributed by atoms with Gasteiger partial charge in [0.2, 0.25) is 5.95 Å². The molecule has 0 radical (unpaired) electrons. The molecule has 4 heterocycles. The molecule has 11 heteroatoms. The van der Waals surface area contributed by atoms with Crippen molar-refractivity contribution in [1.29, 1.82) is 0 Å². The highest BCUT2D eigenvalue weighted by atomic mass is 32.1. The van der Waals surface area contributed by atoms with Gasteiger partial charge in [-0.1, -0.05) is 0 Å². The minimum absolute atomic E-state index is 0.0452. The second kappa shape index (κ2) is 6.19. The third-order valence-electron chi connectivity index (χ3n) is 4.68. The van der Waals surface area contributed by atoms with E-state index in [9.17, 15) is 22.8 Å². The molecule has 0 aliphatic carbocycles. The highest BCUT2D eigenvalue weighted by molar-refractivity contribution is 7.17. The number of rotatable bonds is 2. The molecule has 1 aliphatic rings. The zero-order valence-electron chi connectivity index (χ0n) is 14.1. The van der Waals surface area contributed by atoms with Crippen molar-refractivity contribution in [1.82, 2.24) is 24.6 Å². The van der Waals surface area contributed by atoms with Gasteiger partial charge in [-0.2, -0.15) is 18.3 Å². The van der Waals surface area contributed by atoms with Gasteiger partial charge in [-0.15, -0.1) is 11.3 Å². The highest BCUT2D eigenvalue weighted by Crippen LogP contribution is 2.34. The summed E-state index contributed by atoms with van der Waals surface area (Å²) in [5, 5.41) is 5.84.